The van der Waals surface area contributed by atoms with Crippen molar-refractivity contribution >= 4 is 11.9 Å². The van der Waals surface area contributed by atoms with E-state index in [0.29, 0.717) is 24.4 Å². The molecule has 0 aliphatic carbocycles. The van der Waals surface area contributed by atoms with E-state index in [-0.39, 0.29) is 6.61 Å². The molecule has 0 saturated carbocycles. The lowest BCUT2D eigenvalue weighted by molar-refractivity contribution is -0.119. The van der Waals surface area contributed by atoms with E-state index in [1.807, 2.05) is 24.3 Å². The third-order valence-corrected chi connectivity index (χ3v) is 5.55. The third-order valence-electron chi connectivity index (χ3n) is 5.55. The summed E-state index contributed by atoms with van der Waals surface area (Å²) in [5.74, 6) is 0.926. The van der Waals surface area contributed by atoms with Gasteiger partial charge in [-0.15, -0.1) is 0 Å². The van der Waals surface area contributed by atoms with Crippen LogP contribution in [0.3, 0.4) is 0 Å². The Morgan fingerprint density at radius 2 is 1.97 bits per heavy atom. The van der Waals surface area contributed by atoms with Gasteiger partial charge in [-0.3, -0.25) is 14.7 Å². The number of aliphatic imine (C=N–C) groups is 1. The number of likely N-dealkylation sites (tertiary alicyclic amines) is 1. The molecule has 31 heavy (non-hydrogen) atoms. The zero-order valence-electron chi connectivity index (χ0n) is 18.4. The van der Waals surface area contributed by atoms with Crippen molar-refractivity contribution in [3.05, 3.63) is 65.7 Å². The number of ether oxygens (including phenoxy) is 1. The van der Waals surface area contributed by atoms with Crippen LogP contribution in [0.2, 0.25) is 0 Å². The monoisotopic (exact) mass is 423 g/mol. The fraction of sp³-hybridized carbons (Fsp3) is 0.417. The highest BCUT2D eigenvalue weighted by Gasteiger charge is 2.25. The summed E-state index contributed by atoms with van der Waals surface area (Å²) in [6, 6.07) is 19.1. The van der Waals surface area contributed by atoms with Gasteiger partial charge in [0.15, 0.2) is 12.6 Å². The number of nitrogens with two attached hydrogens (primary N) is 1. The standard InChI is InChI=1S/C24H33N5O2/c1-18-13-21(11-12-29(18)16-19-7-4-3-5-8-19)28-24(26-2)27-15-20-9-6-10-22(14-20)31-17-23(25)30/h3-10,14,18,21H,11-13,15-17H2,1-2H3,(H2,25,30)(H2,26,27,28). The molecule has 0 aromatic heterocycles. The zero-order valence-corrected chi connectivity index (χ0v) is 18.4. The fourth-order valence-electron chi connectivity index (χ4n) is 3.88. The summed E-state index contributed by atoms with van der Waals surface area (Å²) in [5, 5.41) is 6.93. The van der Waals surface area contributed by atoms with E-state index in [1.165, 1.54) is 5.56 Å². The summed E-state index contributed by atoms with van der Waals surface area (Å²) in [6.07, 6.45) is 2.15. The normalized spacial score (nSPS) is 19.6. The van der Waals surface area contributed by atoms with Gasteiger partial charge in [0, 0.05) is 38.8 Å². The highest BCUT2D eigenvalue weighted by Crippen LogP contribution is 2.20. The molecule has 0 radical (unpaired) electrons. The predicted molar refractivity (Wildman–Crippen MR) is 124 cm³/mol. The van der Waals surface area contributed by atoms with Crippen molar-refractivity contribution in [1.82, 2.24) is 15.5 Å². The SMILES string of the molecule is CN=C(NCc1cccc(OCC(N)=O)c1)NC1CCN(Cc2ccccc2)C(C)C1. The average molecular weight is 424 g/mol. The number of guanidine groups is 1. The largest absolute Gasteiger partial charge is 0.484 e. The Balaban J connectivity index is 1.46. The second kappa shape index (κ2) is 11.4. The van der Waals surface area contributed by atoms with Crippen molar-refractivity contribution in [3.8, 4) is 5.75 Å². The molecule has 0 bridgehead atoms. The first kappa shape index (κ1) is 22.6. The summed E-state index contributed by atoms with van der Waals surface area (Å²) >= 11 is 0. The molecule has 2 unspecified atom stereocenters. The van der Waals surface area contributed by atoms with Crippen LogP contribution in [0.5, 0.6) is 5.75 Å². The average Bonchev–Trinajstić information content (AvgIpc) is 2.78. The Hall–Kier alpha value is -3.06. The molecule has 7 nitrogen and oxygen atoms in total. The van der Waals surface area contributed by atoms with Crippen molar-refractivity contribution in [2.75, 3.05) is 20.2 Å². The van der Waals surface area contributed by atoms with E-state index in [4.69, 9.17) is 10.5 Å². The van der Waals surface area contributed by atoms with Crippen molar-refractivity contribution < 1.29 is 9.53 Å². The number of rotatable bonds is 8. The van der Waals surface area contributed by atoms with Crippen LogP contribution in [-0.4, -0.2) is 49.0 Å². The highest BCUT2D eigenvalue weighted by atomic mass is 16.5. The van der Waals surface area contributed by atoms with Crippen LogP contribution in [0.25, 0.3) is 0 Å². The second-order valence-electron chi connectivity index (χ2n) is 8.00. The summed E-state index contributed by atoms with van der Waals surface area (Å²) in [6.45, 7) is 4.83. The quantitative estimate of drug-likeness (QED) is 0.448. The van der Waals surface area contributed by atoms with E-state index in [0.717, 1.165) is 37.5 Å². The number of hydrogen-bond donors (Lipinski definition) is 3. The second-order valence-corrected chi connectivity index (χ2v) is 8.00. The topological polar surface area (TPSA) is 92.0 Å². The Kier molecular flexibility index (Phi) is 8.29. The van der Waals surface area contributed by atoms with Crippen molar-refractivity contribution in [3.63, 3.8) is 0 Å². The lowest BCUT2D eigenvalue weighted by Crippen LogP contribution is -2.51. The van der Waals surface area contributed by atoms with Crippen LogP contribution < -0.4 is 21.1 Å². The number of amides is 1. The van der Waals surface area contributed by atoms with Crippen molar-refractivity contribution in [1.29, 1.82) is 0 Å². The molecule has 1 amide bonds. The van der Waals surface area contributed by atoms with Gasteiger partial charge >= 0.3 is 0 Å². The van der Waals surface area contributed by atoms with Crippen molar-refractivity contribution in [2.24, 2.45) is 10.7 Å². The van der Waals surface area contributed by atoms with E-state index < -0.39 is 5.91 Å². The molecule has 1 saturated heterocycles. The molecule has 1 aliphatic rings. The lowest BCUT2D eigenvalue weighted by Gasteiger charge is -2.38. The molecule has 7 heteroatoms. The van der Waals surface area contributed by atoms with Gasteiger partial charge in [-0.2, -0.15) is 0 Å². The highest BCUT2D eigenvalue weighted by molar-refractivity contribution is 5.80. The fourth-order valence-corrected chi connectivity index (χ4v) is 3.88. The summed E-state index contributed by atoms with van der Waals surface area (Å²) in [5.41, 5.74) is 7.54. The van der Waals surface area contributed by atoms with E-state index in [1.54, 1.807) is 7.05 Å². The smallest absolute Gasteiger partial charge is 0.255 e. The molecule has 1 heterocycles. The first-order chi connectivity index (χ1) is 15.0. The number of carbonyl (C=O) groups excluding carboxylic acids is 1. The maximum Gasteiger partial charge on any atom is 0.255 e. The third kappa shape index (κ3) is 7.29. The Morgan fingerprint density at radius 3 is 2.68 bits per heavy atom. The van der Waals surface area contributed by atoms with Crippen LogP contribution in [0, 0.1) is 0 Å². The molecule has 3 rings (SSSR count). The molecule has 1 aliphatic heterocycles. The van der Waals surface area contributed by atoms with Crippen LogP contribution in [-0.2, 0) is 17.9 Å². The summed E-state index contributed by atoms with van der Waals surface area (Å²) < 4.78 is 5.37. The van der Waals surface area contributed by atoms with Gasteiger partial charge < -0.3 is 21.1 Å². The zero-order chi connectivity index (χ0) is 22.1. The van der Waals surface area contributed by atoms with E-state index in [9.17, 15) is 4.79 Å². The number of primary amides is 1. The van der Waals surface area contributed by atoms with E-state index >= 15 is 0 Å². The number of carbonyl (C=O) groups is 1. The van der Waals surface area contributed by atoms with Crippen LogP contribution in [0.1, 0.15) is 30.9 Å². The minimum Gasteiger partial charge on any atom is -0.484 e. The molecular weight excluding hydrogens is 390 g/mol. The first-order valence-electron chi connectivity index (χ1n) is 10.8. The van der Waals surface area contributed by atoms with Gasteiger partial charge in [0.1, 0.15) is 5.75 Å². The molecule has 2 aromatic rings. The first-order valence-corrected chi connectivity index (χ1v) is 10.8. The van der Waals surface area contributed by atoms with Gasteiger partial charge in [-0.1, -0.05) is 42.5 Å². The Bertz CT molecular complexity index is 871. The number of nitrogens with zero attached hydrogens (tertiary/aromatic N) is 2. The van der Waals surface area contributed by atoms with E-state index in [2.05, 4.69) is 57.8 Å². The van der Waals surface area contributed by atoms with Gasteiger partial charge in [-0.25, -0.2) is 0 Å². The van der Waals surface area contributed by atoms with Crippen LogP contribution in [0.4, 0.5) is 0 Å². The van der Waals surface area contributed by atoms with Gasteiger partial charge in [0.2, 0.25) is 0 Å². The van der Waals surface area contributed by atoms with Gasteiger partial charge in [0.05, 0.1) is 0 Å². The number of benzene rings is 2. The Morgan fingerprint density at radius 1 is 1.19 bits per heavy atom. The molecule has 2 atom stereocenters. The van der Waals surface area contributed by atoms with Gasteiger partial charge in [0.25, 0.3) is 5.91 Å². The minimum atomic E-state index is -0.489. The molecule has 0 spiro atoms. The number of hydrogen-bond acceptors (Lipinski definition) is 4. The molecule has 2 aromatic carbocycles. The molecule has 1 fully saturated rings. The minimum absolute atomic E-state index is 0.124. The van der Waals surface area contributed by atoms with Crippen LogP contribution >= 0.6 is 0 Å². The lowest BCUT2D eigenvalue weighted by atomic mass is 9.97. The predicted octanol–water partition coefficient (Wildman–Crippen LogP) is 2.27. The Labute approximate surface area is 184 Å². The number of piperidine rings is 1. The number of nitrogens with one attached hydrogen (secondary N) is 2. The molecule has 4 N–H and O–H groups in total. The van der Waals surface area contributed by atoms with Crippen molar-refractivity contribution in [2.45, 2.75) is 44.9 Å². The van der Waals surface area contributed by atoms with Gasteiger partial charge in [-0.05, 0) is 43.0 Å². The molecular formula is C24H33N5O2. The maximum atomic E-state index is 10.9. The summed E-state index contributed by atoms with van der Waals surface area (Å²) in [4.78, 5) is 17.8. The summed E-state index contributed by atoms with van der Waals surface area (Å²) in [7, 11) is 1.79. The molecule has 166 valence electrons. The maximum absolute atomic E-state index is 10.9. The van der Waals surface area contributed by atoms with Crippen LogP contribution in [0.15, 0.2) is 59.6 Å².